The highest BCUT2D eigenvalue weighted by molar-refractivity contribution is 5.88. The quantitative estimate of drug-likeness (QED) is 0.449. The highest BCUT2D eigenvalue weighted by Gasteiger charge is 2.02. The summed E-state index contributed by atoms with van der Waals surface area (Å²) in [6.45, 7) is 7.91. The molecule has 2 aromatic rings. The first-order valence-electron chi connectivity index (χ1n) is 10.0. The molecule has 2 aromatic carbocycles. The van der Waals surface area contributed by atoms with Gasteiger partial charge in [-0.15, -0.1) is 0 Å². The molecule has 0 spiro atoms. The maximum Gasteiger partial charge on any atom is 0.221 e. The van der Waals surface area contributed by atoms with Crippen molar-refractivity contribution >= 4 is 17.6 Å². The van der Waals surface area contributed by atoms with E-state index < -0.39 is 0 Å². The first-order chi connectivity index (χ1) is 14.0. The van der Waals surface area contributed by atoms with Gasteiger partial charge in [-0.2, -0.15) is 0 Å². The molecule has 0 aliphatic carbocycles. The first-order valence-corrected chi connectivity index (χ1v) is 10.0. The number of methoxy groups -OCH3 is 1. The van der Waals surface area contributed by atoms with Gasteiger partial charge >= 0.3 is 0 Å². The third-order valence-corrected chi connectivity index (χ3v) is 4.47. The number of anilines is 1. The van der Waals surface area contributed by atoms with E-state index in [0.29, 0.717) is 6.54 Å². The summed E-state index contributed by atoms with van der Waals surface area (Å²) in [5.74, 6) is 1.68. The lowest BCUT2D eigenvalue weighted by molar-refractivity contribution is -0.114. The molecule has 2 rings (SSSR count). The largest absolute Gasteiger partial charge is 0.496 e. The summed E-state index contributed by atoms with van der Waals surface area (Å²) in [4.78, 5) is 15.7. The number of aliphatic imine (C=N–C) groups is 1. The first kappa shape index (κ1) is 22.3. The predicted molar refractivity (Wildman–Crippen MR) is 120 cm³/mol. The number of nitrogens with one attached hydrogen (secondary N) is 3. The Kier molecular flexibility index (Phi) is 9.02. The van der Waals surface area contributed by atoms with Gasteiger partial charge in [0.2, 0.25) is 5.91 Å². The predicted octanol–water partition coefficient (Wildman–Crippen LogP) is 3.30. The van der Waals surface area contributed by atoms with E-state index in [2.05, 4.69) is 46.1 Å². The van der Waals surface area contributed by atoms with Crippen LogP contribution in [0.15, 0.2) is 47.5 Å². The summed E-state index contributed by atoms with van der Waals surface area (Å²) in [6.07, 6.45) is 1.73. The van der Waals surface area contributed by atoms with Gasteiger partial charge in [-0.1, -0.05) is 24.3 Å². The lowest BCUT2D eigenvalue weighted by Crippen LogP contribution is -2.38. The van der Waals surface area contributed by atoms with Gasteiger partial charge in [0.1, 0.15) is 5.75 Å². The van der Waals surface area contributed by atoms with Crippen LogP contribution in [-0.2, 0) is 17.6 Å². The number of hydrogen-bond acceptors (Lipinski definition) is 3. The van der Waals surface area contributed by atoms with Crippen LogP contribution >= 0.6 is 0 Å². The van der Waals surface area contributed by atoms with E-state index >= 15 is 0 Å². The maximum atomic E-state index is 11.1. The number of rotatable bonds is 9. The van der Waals surface area contributed by atoms with Crippen molar-refractivity contribution < 1.29 is 9.53 Å². The molecular weight excluding hydrogens is 364 g/mol. The fourth-order valence-electron chi connectivity index (χ4n) is 2.94. The van der Waals surface area contributed by atoms with Gasteiger partial charge < -0.3 is 20.7 Å². The summed E-state index contributed by atoms with van der Waals surface area (Å²) >= 11 is 0. The lowest BCUT2D eigenvalue weighted by atomic mass is 10.1. The van der Waals surface area contributed by atoms with Crippen LogP contribution in [0.1, 0.15) is 30.5 Å². The monoisotopic (exact) mass is 396 g/mol. The molecule has 0 atom stereocenters. The number of ether oxygens (including phenoxy) is 1. The van der Waals surface area contributed by atoms with Gasteiger partial charge in [0.25, 0.3) is 0 Å². The summed E-state index contributed by atoms with van der Waals surface area (Å²) in [6, 6.07) is 14.2. The summed E-state index contributed by atoms with van der Waals surface area (Å²) in [5.41, 5.74) is 4.37. The van der Waals surface area contributed by atoms with Crippen LogP contribution in [0.5, 0.6) is 5.75 Å². The Labute approximate surface area is 173 Å². The van der Waals surface area contributed by atoms with Crippen molar-refractivity contribution in [1.29, 1.82) is 0 Å². The SMILES string of the molecule is CCNC(=NCCc1ccc(NC(C)=O)cc1)NCCc1ccc(C)c(OC)c1. The Morgan fingerprint density at radius 2 is 1.76 bits per heavy atom. The molecule has 0 saturated heterocycles. The standard InChI is InChI=1S/C23H32N4O2/c1-5-24-23(26-15-13-20-7-6-17(2)22(16-20)29-4)25-14-12-19-8-10-21(11-9-19)27-18(3)28/h6-11,16H,5,12-15H2,1-4H3,(H,27,28)(H2,24,25,26). The molecule has 0 aromatic heterocycles. The highest BCUT2D eigenvalue weighted by atomic mass is 16.5. The molecule has 0 radical (unpaired) electrons. The zero-order valence-electron chi connectivity index (χ0n) is 17.8. The molecule has 0 aliphatic rings. The Balaban J connectivity index is 1.83. The van der Waals surface area contributed by atoms with E-state index in [1.807, 2.05) is 31.2 Å². The zero-order chi connectivity index (χ0) is 21.1. The smallest absolute Gasteiger partial charge is 0.221 e. The van der Waals surface area contributed by atoms with Crippen LogP contribution in [0, 0.1) is 6.92 Å². The van der Waals surface area contributed by atoms with Gasteiger partial charge in [0.05, 0.1) is 7.11 Å². The van der Waals surface area contributed by atoms with Crippen molar-refractivity contribution in [2.24, 2.45) is 4.99 Å². The fraction of sp³-hybridized carbons (Fsp3) is 0.391. The summed E-state index contributed by atoms with van der Waals surface area (Å²) < 4.78 is 5.40. The van der Waals surface area contributed by atoms with Gasteiger partial charge in [0.15, 0.2) is 5.96 Å². The number of aryl methyl sites for hydroxylation is 1. The third kappa shape index (κ3) is 7.86. The van der Waals surface area contributed by atoms with E-state index in [9.17, 15) is 4.79 Å². The third-order valence-electron chi connectivity index (χ3n) is 4.47. The minimum absolute atomic E-state index is 0.0622. The summed E-state index contributed by atoms with van der Waals surface area (Å²) in [7, 11) is 1.70. The van der Waals surface area contributed by atoms with E-state index in [1.165, 1.54) is 18.1 Å². The van der Waals surface area contributed by atoms with Crippen molar-refractivity contribution in [3.8, 4) is 5.75 Å². The molecule has 0 heterocycles. The zero-order valence-corrected chi connectivity index (χ0v) is 17.8. The maximum absolute atomic E-state index is 11.1. The van der Waals surface area contributed by atoms with Gasteiger partial charge in [0, 0.05) is 32.2 Å². The minimum atomic E-state index is -0.0622. The topological polar surface area (TPSA) is 74.8 Å². The van der Waals surface area contributed by atoms with E-state index in [-0.39, 0.29) is 5.91 Å². The van der Waals surface area contributed by atoms with E-state index in [0.717, 1.165) is 48.9 Å². The van der Waals surface area contributed by atoms with Crippen LogP contribution in [0.3, 0.4) is 0 Å². The number of hydrogen-bond donors (Lipinski definition) is 3. The molecule has 156 valence electrons. The van der Waals surface area contributed by atoms with Crippen molar-refractivity contribution in [3.63, 3.8) is 0 Å². The Morgan fingerprint density at radius 1 is 1.03 bits per heavy atom. The molecule has 0 aliphatic heterocycles. The van der Waals surface area contributed by atoms with Crippen molar-refractivity contribution in [3.05, 3.63) is 59.2 Å². The molecule has 6 heteroatoms. The average molecular weight is 397 g/mol. The number of benzene rings is 2. The van der Waals surface area contributed by atoms with Crippen LogP contribution in [0.2, 0.25) is 0 Å². The number of amides is 1. The minimum Gasteiger partial charge on any atom is -0.496 e. The second-order valence-corrected chi connectivity index (χ2v) is 6.87. The van der Waals surface area contributed by atoms with Gasteiger partial charge in [-0.05, 0) is 61.6 Å². The van der Waals surface area contributed by atoms with E-state index in [4.69, 9.17) is 4.74 Å². The molecule has 29 heavy (non-hydrogen) atoms. The van der Waals surface area contributed by atoms with Crippen LogP contribution < -0.4 is 20.7 Å². The van der Waals surface area contributed by atoms with Gasteiger partial charge in [-0.3, -0.25) is 9.79 Å². The van der Waals surface area contributed by atoms with Crippen LogP contribution in [0.4, 0.5) is 5.69 Å². The second-order valence-electron chi connectivity index (χ2n) is 6.87. The number of carbonyl (C=O) groups is 1. The molecule has 3 N–H and O–H groups in total. The number of guanidine groups is 1. The van der Waals surface area contributed by atoms with Crippen LogP contribution in [-0.4, -0.2) is 38.6 Å². The fourth-order valence-corrected chi connectivity index (χ4v) is 2.94. The van der Waals surface area contributed by atoms with Crippen molar-refractivity contribution in [2.45, 2.75) is 33.6 Å². The molecule has 6 nitrogen and oxygen atoms in total. The number of carbonyl (C=O) groups excluding carboxylic acids is 1. The Morgan fingerprint density at radius 3 is 2.41 bits per heavy atom. The molecule has 0 bridgehead atoms. The van der Waals surface area contributed by atoms with E-state index in [1.54, 1.807) is 7.11 Å². The molecular formula is C23H32N4O2. The number of nitrogens with zero attached hydrogens (tertiary/aromatic N) is 1. The average Bonchev–Trinajstić information content (AvgIpc) is 2.70. The van der Waals surface area contributed by atoms with Gasteiger partial charge in [-0.25, -0.2) is 0 Å². The molecule has 0 fully saturated rings. The Hall–Kier alpha value is -3.02. The Bertz CT molecular complexity index is 816. The molecule has 0 unspecified atom stereocenters. The van der Waals surface area contributed by atoms with Crippen molar-refractivity contribution in [2.75, 3.05) is 32.1 Å². The molecule has 1 amide bonds. The normalized spacial score (nSPS) is 11.1. The lowest BCUT2D eigenvalue weighted by Gasteiger charge is -2.12. The van der Waals surface area contributed by atoms with Crippen molar-refractivity contribution in [1.82, 2.24) is 10.6 Å². The summed E-state index contributed by atoms with van der Waals surface area (Å²) in [5, 5.41) is 9.45. The second kappa shape index (κ2) is 11.7. The highest BCUT2D eigenvalue weighted by Crippen LogP contribution is 2.19. The molecule has 0 saturated carbocycles. The van der Waals surface area contributed by atoms with Crippen LogP contribution in [0.25, 0.3) is 0 Å².